The molecule has 0 aromatic heterocycles. The molecule has 0 saturated carbocycles. The first-order chi connectivity index (χ1) is 12.0. The van der Waals surface area contributed by atoms with E-state index >= 15 is 0 Å². The fraction of sp³-hybridized carbons (Fsp3) is 0.300. The van der Waals surface area contributed by atoms with Gasteiger partial charge in [-0.25, -0.2) is 0 Å². The number of nitrogens with zero attached hydrogens (tertiary/aromatic N) is 2. The minimum Gasteiger partial charge on any atom is -0.378 e. The number of nitrogens with one attached hydrogen (secondary N) is 1. The Hall–Kier alpha value is -2.82. The zero-order valence-electron chi connectivity index (χ0n) is 14.9. The van der Waals surface area contributed by atoms with Crippen molar-refractivity contribution in [1.82, 2.24) is 0 Å². The van der Waals surface area contributed by atoms with Crippen molar-refractivity contribution in [2.45, 2.75) is 19.8 Å². The number of carbonyl (C=O) groups is 2. The second-order valence-corrected chi connectivity index (χ2v) is 6.55. The molecular weight excluding hydrogens is 314 g/mol. The lowest BCUT2D eigenvalue weighted by atomic mass is 10.1. The van der Waals surface area contributed by atoms with Gasteiger partial charge in [0.15, 0.2) is 0 Å². The maximum atomic E-state index is 12.6. The lowest BCUT2D eigenvalue weighted by Gasteiger charge is -2.19. The van der Waals surface area contributed by atoms with Crippen molar-refractivity contribution in [3.05, 3.63) is 53.6 Å². The quantitative estimate of drug-likeness (QED) is 0.930. The third-order valence-corrected chi connectivity index (χ3v) is 4.46. The number of hydrogen-bond acceptors (Lipinski definition) is 3. The molecule has 2 amide bonds. The van der Waals surface area contributed by atoms with Crippen LogP contribution in [0.2, 0.25) is 0 Å². The number of anilines is 3. The van der Waals surface area contributed by atoms with Gasteiger partial charge in [0.05, 0.1) is 0 Å². The van der Waals surface area contributed by atoms with Crippen molar-refractivity contribution < 1.29 is 9.59 Å². The minimum absolute atomic E-state index is 0.144. The van der Waals surface area contributed by atoms with Crippen molar-refractivity contribution in [3.8, 4) is 0 Å². The van der Waals surface area contributed by atoms with Gasteiger partial charge in [-0.3, -0.25) is 9.59 Å². The topological polar surface area (TPSA) is 52.7 Å². The highest BCUT2D eigenvalue weighted by atomic mass is 16.2. The van der Waals surface area contributed by atoms with E-state index in [1.807, 2.05) is 62.3 Å². The van der Waals surface area contributed by atoms with Crippen molar-refractivity contribution in [2.75, 3.05) is 35.8 Å². The molecule has 0 bridgehead atoms. The zero-order chi connectivity index (χ0) is 18.0. The van der Waals surface area contributed by atoms with Crippen LogP contribution in [0.1, 0.15) is 28.8 Å². The van der Waals surface area contributed by atoms with Crippen LogP contribution in [0.3, 0.4) is 0 Å². The van der Waals surface area contributed by atoms with Gasteiger partial charge in [0.2, 0.25) is 5.91 Å². The second-order valence-electron chi connectivity index (χ2n) is 6.55. The van der Waals surface area contributed by atoms with Crippen LogP contribution in [0.5, 0.6) is 0 Å². The summed E-state index contributed by atoms with van der Waals surface area (Å²) in [5.74, 6) is -0.0171. The van der Waals surface area contributed by atoms with Gasteiger partial charge in [-0.1, -0.05) is 12.1 Å². The maximum Gasteiger partial charge on any atom is 0.255 e. The van der Waals surface area contributed by atoms with Crippen LogP contribution in [0.15, 0.2) is 42.5 Å². The summed E-state index contributed by atoms with van der Waals surface area (Å²) in [6, 6.07) is 13.2. The van der Waals surface area contributed by atoms with E-state index in [0.717, 1.165) is 29.9 Å². The molecule has 1 N–H and O–H groups in total. The van der Waals surface area contributed by atoms with Gasteiger partial charge in [0, 0.05) is 49.7 Å². The fourth-order valence-electron chi connectivity index (χ4n) is 3.01. The average Bonchev–Trinajstić information content (AvgIpc) is 3.02. The first-order valence-corrected chi connectivity index (χ1v) is 8.45. The van der Waals surface area contributed by atoms with E-state index in [1.54, 1.807) is 11.0 Å². The highest BCUT2D eigenvalue weighted by Crippen LogP contribution is 2.28. The molecule has 1 fully saturated rings. The fourth-order valence-corrected chi connectivity index (χ4v) is 3.01. The van der Waals surface area contributed by atoms with Gasteiger partial charge < -0.3 is 15.1 Å². The summed E-state index contributed by atoms with van der Waals surface area (Å²) in [6.45, 7) is 2.72. The van der Waals surface area contributed by atoms with Crippen LogP contribution >= 0.6 is 0 Å². The number of amides is 2. The first kappa shape index (κ1) is 17.0. The molecule has 5 nitrogen and oxygen atoms in total. The molecule has 130 valence electrons. The van der Waals surface area contributed by atoms with E-state index < -0.39 is 0 Å². The van der Waals surface area contributed by atoms with Gasteiger partial charge in [0.25, 0.3) is 5.91 Å². The van der Waals surface area contributed by atoms with E-state index in [9.17, 15) is 9.59 Å². The number of benzene rings is 2. The Bertz CT molecular complexity index is 814. The van der Waals surface area contributed by atoms with Gasteiger partial charge in [-0.2, -0.15) is 0 Å². The lowest BCUT2D eigenvalue weighted by Crippen LogP contribution is -2.24. The average molecular weight is 337 g/mol. The lowest BCUT2D eigenvalue weighted by molar-refractivity contribution is -0.117. The van der Waals surface area contributed by atoms with Gasteiger partial charge >= 0.3 is 0 Å². The standard InChI is InChI=1S/C20H23N3O2/c1-14-9-10-16(13-18(14)23-11-5-8-19(23)24)21-20(25)15-6-4-7-17(12-15)22(2)3/h4,6-7,9-10,12-13H,5,8,11H2,1-3H3,(H,21,25). The second kappa shape index (κ2) is 6.97. The third kappa shape index (κ3) is 3.65. The number of aryl methyl sites for hydroxylation is 1. The van der Waals surface area contributed by atoms with Crippen LogP contribution in [0.25, 0.3) is 0 Å². The molecule has 0 spiro atoms. The smallest absolute Gasteiger partial charge is 0.255 e. The summed E-state index contributed by atoms with van der Waals surface area (Å²) in [4.78, 5) is 28.3. The normalized spacial score (nSPS) is 13.9. The minimum atomic E-state index is -0.161. The molecule has 2 aromatic rings. The Kier molecular flexibility index (Phi) is 4.74. The van der Waals surface area contributed by atoms with Crippen LogP contribution in [0, 0.1) is 6.92 Å². The van der Waals surface area contributed by atoms with Gasteiger partial charge in [-0.05, 0) is 49.2 Å². The van der Waals surface area contributed by atoms with E-state index in [1.165, 1.54) is 0 Å². The van der Waals surface area contributed by atoms with Crippen molar-refractivity contribution in [1.29, 1.82) is 0 Å². The Morgan fingerprint density at radius 2 is 1.96 bits per heavy atom. The summed E-state index contributed by atoms with van der Waals surface area (Å²) in [6.07, 6.45) is 1.47. The maximum absolute atomic E-state index is 12.6. The largest absolute Gasteiger partial charge is 0.378 e. The Balaban J connectivity index is 1.82. The molecule has 1 saturated heterocycles. The molecule has 3 rings (SSSR count). The summed E-state index contributed by atoms with van der Waals surface area (Å²) < 4.78 is 0. The van der Waals surface area contributed by atoms with Crippen LogP contribution in [-0.4, -0.2) is 32.5 Å². The number of carbonyl (C=O) groups excluding carboxylic acids is 2. The molecule has 0 radical (unpaired) electrons. The van der Waals surface area contributed by atoms with Crippen molar-refractivity contribution in [2.24, 2.45) is 0 Å². The Morgan fingerprint density at radius 3 is 2.64 bits per heavy atom. The molecular formula is C20H23N3O2. The molecule has 0 aliphatic carbocycles. The van der Waals surface area contributed by atoms with E-state index in [4.69, 9.17) is 0 Å². The molecule has 0 unspecified atom stereocenters. The van der Waals surface area contributed by atoms with Crippen LogP contribution < -0.4 is 15.1 Å². The summed E-state index contributed by atoms with van der Waals surface area (Å²) in [5.41, 5.74) is 4.18. The van der Waals surface area contributed by atoms with Crippen molar-refractivity contribution in [3.63, 3.8) is 0 Å². The molecule has 5 heteroatoms. The first-order valence-electron chi connectivity index (χ1n) is 8.45. The Labute approximate surface area is 148 Å². The molecule has 2 aromatic carbocycles. The summed E-state index contributed by atoms with van der Waals surface area (Å²) >= 11 is 0. The van der Waals surface area contributed by atoms with Crippen LogP contribution in [0.4, 0.5) is 17.1 Å². The summed E-state index contributed by atoms with van der Waals surface area (Å²) in [7, 11) is 3.88. The molecule has 1 aliphatic rings. The monoisotopic (exact) mass is 337 g/mol. The number of hydrogen-bond donors (Lipinski definition) is 1. The molecule has 1 heterocycles. The molecule has 0 atom stereocenters. The summed E-state index contributed by atoms with van der Waals surface area (Å²) in [5, 5.41) is 2.93. The van der Waals surface area contributed by atoms with Gasteiger partial charge in [0.1, 0.15) is 0 Å². The Morgan fingerprint density at radius 1 is 1.16 bits per heavy atom. The van der Waals surface area contributed by atoms with Gasteiger partial charge in [-0.15, -0.1) is 0 Å². The number of rotatable bonds is 4. The predicted octanol–water partition coefficient (Wildman–Crippen LogP) is 3.44. The van der Waals surface area contributed by atoms with E-state index in [2.05, 4.69) is 5.32 Å². The van der Waals surface area contributed by atoms with Crippen molar-refractivity contribution >= 4 is 28.9 Å². The highest BCUT2D eigenvalue weighted by Gasteiger charge is 2.23. The highest BCUT2D eigenvalue weighted by molar-refractivity contribution is 6.05. The third-order valence-electron chi connectivity index (χ3n) is 4.46. The van der Waals surface area contributed by atoms with Crippen LogP contribution in [-0.2, 0) is 4.79 Å². The molecule has 1 aliphatic heterocycles. The van der Waals surface area contributed by atoms with E-state index in [0.29, 0.717) is 17.7 Å². The SMILES string of the molecule is Cc1ccc(NC(=O)c2cccc(N(C)C)c2)cc1N1CCCC1=O. The van der Waals surface area contributed by atoms with E-state index in [-0.39, 0.29) is 11.8 Å². The molecule has 25 heavy (non-hydrogen) atoms. The predicted molar refractivity (Wildman–Crippen MR) is 101 cm³/mol. The zero-order valence-corrected chi connectivity index (χ0v) is 14.9.